The third kappa shape index (κ3) is 1.78. The normalized spacial score (nSPS) is 17.7. The minimum Gasteiger partial charge on any atom is -0.370 e. The summed E-state index contributed by atoms with van der Waals surface area (Å²) < 4.78 is 0. The molecule has 1 saturated heterocycles. The van der Waals surface area contributed by atoms with Gasteiger partial charge in [0.2, 0.25) is 0 Å². The van der Waals surface area contributed by atoms with Gasteiger partial charge in [-0.25, -0.2) is 0 Å². The van der Waals surface area contributed by atoms with E-state index in [1.165, 1.54) is 18.5 Å². The van der Waals surface area contributed by atoms with Crippen LogP contribution in [0.5, 0.6) is 0 Å². The Balaban J connectivity index is 2.04. The van der Waals surface area contributed by atoms with Gasteiger partial charge in [0.25, 0.3) is 0 Å². The number of nitriles is 1. The fraction of sp³-hybridized carbons (Fsp3) is 0.500. The summed E-state index contributed by atoms with van der Waals surface area (Å²) in [6, 6.07) is 10.0. The van der Waals surface area contributed by atoms with Crippen LogP contribution >= 0.6 is 0 Å². The van der Waals surface area contributed by atoms with Crippen molar-refractivity contribution in [2.45, 2.75) is 26.7 Å². The first-order chi connectivity index (χ1) is 7.73. The largest absolute Gasteiger partial charge is 0.370 e. The van der Waals surface area contributed by atoms with Crippen molar-refractivity contribution < 1.29 is 0 Å². The molecule has 1 aliphatic heterocycles. The molecule has 0 aromatic heterocycles. The van der Waals surface area contributed by atoms with E-state index in [1.807, 2.05) is 24.3 Å². The molecule has 16 heavy (non-hydrogen) atoms. The van der Waals surface area contributed by atoms with Crippen molar-refractivity contribution in [3.05, 3.63) is 29.8 Å². The lowest BCUT2D eigenvalue weighted by molar-refractivity contribution is 0.194. The van der Waals surface area contributed by atoms with Crippen LogP contribution in [0.15, 0.2) is 24.3 Å². The highest BCUT2D eigenvalue weighted by molar-refractivity contribution is 5.52. The zero-order valence-electron chi connectivity index (χ0n) is 10.0. The van der Waals surface area contributed by atoms with Crippen molar-refractivity contribution >= 4 is 5.69 Å². The van der Waals surface area contributed by atoms with E-state index in [9.17, 15) is 0 Å². The minimum absolute atomic E-state index is 0.536. The van der Waals surface area contributed by atoms with Gasteiger partial charge in [0.05, 0.1) is 11.6 Å². The first-order valence-corrected chi connectivity index (χ1v) is 5.98. The molecule has 0 atom stereocenters. The van der Waals surface area contributed by atoms with Crippen molar-refractivity contribution in [2.75, 3.05) is 18.0 Å². The molecule has 0 bridgehead atoms. The fourth-order valence-corrected chi connectivity index (χ4v) is 2.39. The van der Waals surface area contributed by atoms with Crippen LogP contribution in [-0.2, 0) is 0 Å². The van der Waals surface area contributed by atoms with E-state index in [0.29, 0.717) is 5.41 Å². The Morgan fingerprint density at radius 3 is 2.19 bits per heavy atom. The van der Waals surface area contributed by atoms with Crippen LogP contribution < -0.4 is 4.90 Å². The van der Waals surface area contributed by atoms with Gasteiger partial charge in [0, 0.05) is 24.2 Å². The Morgan fingerprint density at radius 2 is 1.75 bits per heavy atom. The molecule has 2 nitrogen and oxygen atoms in total. The molecule has 1 fully saturated rings. The molecule has 2 rings (SSSR count). The number of benzene rings is 1. The van der Waals surface area contributed by atoms with E-state index >= 15 is 0 Å². The van der Waals surface area contributed by atoms with E-state index in [0.717, 1.165) is 18.7 Å². The Kier molecular flexibility index (Phi) is 2.87. The van der Waals surface area contributed by atoms with E-state index in [-0.39, 0.29) is 0 Å². The molecule has 0 spiro atoms. The van der Waals surface area contributed by atoms with Gasteiger partial charge in [-0.05, 0) is 37.1 Å². The highest BCUT2D eigenvalue weighted by atomic mass is 15.2. The maximum atomic E-state index is 8.73. The Labute approximate surface area is 97.5 Å². The number of hydrogen-bond acceptors (Lipinski definition) is 2. The maximum absolute atomic E-state index is 8.73. The second-order valence-electron chi connectivity index (χ2n) is 4.72. The van der Waals surface area contributed by atoms with Crippen molar-refractivity contribution in [3.8, 4) is 6.07 Å². The smallest absolute Gasteiger partial charge is 0.0991 e. The molecule has 1 aromatic rings. The van der Waals surface area contributed by atoms with Crippen LogP contribution in [0.4, 0.5) is 5.69 Å². The Hall–Kier alpha value is -1.49. The maximum Gasteiger partial charge on any atom is 0.0991 e. The standard InChI is InChI=1S/C14H18N2/c1-3-14(4-2)10-16(11-14)13-7-5-12(9-15)6-8-13/h5-8H,3-4,10-11H2,1-2H3. The van der Waals surface area contributed by atoms with E-state index in [1.54, 1.807) is 0 Å². The number of hydrogen-bond donors (Lipinski definition) is 0. The van der Waals surface area contributed by atoms with Gasteiger partial charge >= 0.3 is 0 Å². The summed E-state index contributed by atoms with van der Waals surface area (Å²) in [7, 11) is 0. The summed E-state index contributed by atoms with van der Waals surface area (Å²) in [5.74, 6) is 0. The van der Waals surface area contributed by atoms with E-state index < -0.39 is 0 Å². The first-order valence-electron chi connectivity index (χ1n) is 5.98. The number of anilines is 1. The van der Waals surface area contributed by atoms with Crippen LogP contribution in [0.2, 0.25) is 0 Å². The van der Waals surface area contributed by atoms with Gasteiger partial charge in [0.1, 0.15) is 0 Å². The van der Waals surface area contributed by atoms with E-state index in [4.69, 9.17) is 5.26 Å². The quantitative estimate of drug-likeness (QED) is 0.772. The zero-order valence-corrected chi connectivity index (χ0v) is 10.0. The predicted octanol–water partition coefficient (Wildman–Crippen LogP) is 3.18. The molecule has 0 saturated carbocycles. The highest BCUT2D eigenvalue weighted by Crippen LogP contribution is 2.39. The summed E-state index contributed by atoms with van der Waals surface area (Å²) in [5, 5.41) is 8.73. The Bertz CT molecular complexity index is 388. The van der Waals surface area contributed by atoms with E-state index in [2.05, 4.69) is 24.8 Å². The van der Waals surface area contributed by atoms with Crippen molar-refractivity contribution in [1.82, 2.24) is 0 Å². The highest BCUT2D eigenvalue weighted by Gasteiger charge is 2.39. The lowest BCUT2D eigenvalue weighted by Crippen LogP contribution is -2.55. The third-order valence-electron chi connectivity index (χ3n) is 3.91. The predicted molar refractivity (Wildman–Crippen MR) is 66.4 cm³/mol. The minimum atomic E-state index is 0.536. The molecule has 0 amide bonds. The van der Waals surface area contributed by atoms with Gasteiger partial charge in [-0.1, -0.05) is 13.8 Å². The summed E-state index contributed by atoms with van der Waals surface area (Å²) in [6.07, 6.45) is 2.52. The molecule has 1 heterocycles. The van der Waals surface area contributed by atoms with Crippen LogP contribution in [0.3, 0.4) is 0 Å². The molecular weight excluding hydrogens is 196 g/mol. The SMILES string of the molecule is CCC1(CC)CN(c2ccc(C#N)cc2)C1. The Morgan fingerprint density at radius 1 is 1.19 bits per heavy atom. The summed E-state index contributed by atoms with van der Waals surface area (Å²) in [6.45, 7) is 6.87. The lowest BCUT2D eigenvalue weighted by Gasteiger charge is -2.51. The van der Waals surface area contributed by atoms with Crippen LogP contribution in [0.1, 0.15) is 32.3 Å². The summed E-state index contributed by atoms with van der Waals surface area (Å²) >= 11 is 0. The molecule has 1 aliphatic rings. The summed E-state index contributed by atoms with van der Waals surface area (Å²) in [5.41, 5.74) is 2.52. The molecule has 0 radical (unpaired) electrons. The van der Waals surface area contributed by atoms with Crippen molar-refractivity contribution in [3.63, 3.8) is 0 Å². The molecule has 84 valence electrons. The van der Waals surface area contributed by atoms with Crippen molar-refractivity contribution in [2.24, 2.45) is 5.41 Å². The molecule has 1 aromatic carbocycles. The first kappa shape index (κ1) is 11.0. The average Bonchev–Trinajstić information content (AvgIpc) is 2.30. The second-order valence-corrected chi connectivity index (χ2v) is 4.72. The molecule has 2 heteroatoms. The lowest BCUT2D eigenvalue weighted by atomic mass is 9.75. The summed E-state index contributed by atoms with van der Waals surface area (Å²) in [4.78, 5) is 2.40. The van der Waals surface area contributed by atoms with Crippen LogP contribution in [0.25, 0.3) is 0 Å². The molecule has 0 unspecified atom stereocenters. The van der Waals surface area contributed by atoms with Crippen molar-refractivity contribution in [1.29, 1.82) is 5.26 Å². The van der Waals surface area contributed by atoms with Crippen LogP contribution in [-0.4, -0.2) is 13.1 Å². The van der Waals surface area contributed by atoms with Gasteiger partial charge in [-0.2, -0.15) is 5.26 Å². The van der Waals surface area contributed by atoms with Crippen LogP contribution in [0, 0.1) is 16.7 Å². The monoisotopic (exact) mass is 214 g/mol. The molecule has 0 N–H and O–H groups in total. The average molecular weight is 214 g/mol. The third-order valence-corrected chi connectivity index (χ3v) is 3.91. The fourth-order valence-electron chi connectivity index (χ4n) is 2.39. The topological polar surface area (TPSA) is 27.0 Å². The number of nitrogens with zero attached hydrogens (tertiary/aromatic N) is 2. The van der Waals surface area contributed by atoms with Gasteiger partial charge in [-0.3, -0.25) is 0 Å². The second kappa shape index (κ2) is 4.17. The number of rotatable bonds is 3. The zero-order chi connectivity index (χ0) is 11.6. The molecular formula is C14H18N2. The van der Waals surface area contributed by atoms with Gasteiger partial charge in [0.15, 0.2) is 0 Å². The van der Waals surface area contributed by atoms with Gasteiger partial charge < -0.3 is 4.90 Å². The van der Waals surface area contributed by atoms with Gasteiger partial charge in [-0.15, -0.1) is 0 Å². The molecule has 0 aliphatic carbocycles.